The number of nitrogens with zero attached hydrogens (tertiary/aromatic N) is 4. The fraction of sp³-hybridized carbons (Fsp3) is 0.600. The molecule has 5 nitrogen and oxygen atoms in total. The van der Waals surface area contributed by atoms with Crippen molar-refractivity contribution in [1.29, 1.82) is 0 Å². The van der Waals surface area contributed by atoms with E-state index in [1.165, 1.54) is 35.4 Å². The van der Waals surface area contributed by atoms with Gasteiger partial charge in [0.05, 0.1) is 6.04 Å². The molecule has 2 fully saturated rings. The van der Waals surface area contributed by atoms with Gasteiger partial charge in [0.2, 0.25) is 5.95 Å². The molecule has 0 radical (unpaired) electrons. The predicted octanol–water partition coefficient (Wildman–Crippen LogP) is 3.78. The molecule has 0 spiro atoms. The topological polar surface area (TPSA) is 44.3 Å². The molecule has 0 saturated carbocycles. The molecule has 4 rings (SSSR count). The summed E-state index contributed by atoms with van der Waals surface area (Å²) in [6.07, 6.45) is 8.26. The minimum absolute atomic E-state index is 0.458. The van der Waals surface area contributed by atoms with Crippen LogP contribution in [0.5, 0.6) is 0 Å². The summed E-state index contributed by atoms with van der Waals surface area (Å²) in [7, 11) is 0. The summed E-state index contributed by atoms with van der Waals surface area (Å²) in [4.78, 5) is 17.1. The lowest BCUT2D eigenvalue weighted by atomic mass is 10.1. The molecule has 0 amide bonds. The van der Waals surface area contributed by atoms with Crippen LogP contribution < -0.4 is 10.2 Å². The van der Waals surface area contributed by atoms with Crippen LogP contribution in [0.1, 0.15) is 42.4 Å². The van der Waals surface area contributed by atoms with E-state index >= 15 is 0 Å². The van der Waals surface area contributed by atoms with E-state index in [1.54, 1.807) is 0 Å². The highest BCUT2D eigenvalue weighted by atomic mass is 32.1. The lowest BCUT2D eigenvalue weighted by Gasteiger charge is -2.39. The zero-order chi connectivity index (χ0) is 17.8. The third-order valence-electron chi connectivity index (χ3n) is 5.31. The van der Waals surface area contributed by atoms with Crippen molar-refractivity contribution in [2.75, 3.05) is 36.4 Å². The zero-order valence-corrected chi connectivity index (χ0v) is 16.5. The van der Waals surface area contributed by atoms with Crippen molar-refractivity contribution >= 4 is 23.1 Å². The van der Waals surface area contributed by atoms with Crippen LogP contribution in [0, 0.1) is 0 Å². The fourth-order valence-electron chi connectivity index (χ4n) is 3.79. The summed E-state index contributed by atoms with van der Waals surface area (Å²) >= 11 is 1.94. The Morgan fingerprint density at radius 2 is 1.85 bits per heavy atom. The average molecular weight is 372 g/mol. The third kappa shape index (κ3) is 4.35. The number of nitrogens with one attached hydrogen (secondary N) is 1. The first-order valence-electron chi connectivity index (χ1n) is 9.94. The van der Waals surface area contributed by atoms with Gasteiger partial charge in [0.25, 0.3) is 0 Å². The summed E-state index contributed by atoms with van der Waals surface area (Å²) in [5.41, 5.74) is 0. The molecule has 2 saturated heterocycles. The van der Waals surface area contributed by atoms with Gasteiger partial charge in [-0.15, -0.1) is 11.3 Å². The smallest absolute Gasteiger partial charge is 0.224 e. The van der Waals surface area contributed by atoms with Gasteiger partial charge in [0.1, 0.15) is 5.82 Å². The van der Waals surface area contributed by atoms with Crippen LogP contribution in [0.4, 0.5) is 11.8 Å². The number of aromatic nitrogens is 2. The molecule has 1 N–H and O–H groups in total. The standard InChI is InChI=1S/C20H29N5S/c1-2-17-7-8-18(26-17)15-24-13-16(14-24)22-20-21-10-9-19(23-20)25-11-5-3-4-6-12-25/h7-10,16H,2-6,11-15H2,1H3,(H,21,22,23). The van der Waals surface area contributed by atoms with Gasteiger partial charge >= 0.3 is 0 Å². The molecule has 2 aromatic rings. The monoisotopic (exact) mass is 371 g/mol. The Labute approximate surface area is 160 Å². The Bertz CT molecular complexity index is 702. The van der Waals surface area contributed by atoms with E-state index in [0.29, 0.717) is 6.04 Å². The molecule has 4 heterocycles. The van der Waals surface area contributed by atoms with Crippen molar-refractivity contribution in [2.24, 2.45) is 0 Å². The summed E-state index contributed by atoms with van der Waals surface area (Å²) in [6.45, 7) is 7.66. The maximum atomic E-state index is 4.77. The van der Waals surface area contributed by atoms with Gasteiger partial charge in [-0.25, -0.2) is 4.98 Å². The van der Waals surface area contributed by atoms with E-state index in [1.807, 2.05) is 23.6 Å². The highest BCUT2D eigenvalue weighted by molar-refractivity contribution is 7.11. The second-order valence-electron chi connectivity index (χ2n) is 7.40. The Hall–Kier alpha value is -1.66. The van der Waals surface area contributed by atoms with E-state index in [-0.39, 0.29) is 0 Å². The number of aryl methyl sites for hydroxylation is 1. The SMILES string of the molecule is CCc1ccc(CN2CC(Nc3nccc(N4CCCCCC4)n3)C2)s1. The van der Waals surface area contributed by atoms with Gasteiger partial charge in [0, 0.05) is 48.7 Å². The highest BCUT2D eigenvalue weighted by Gasteiger charge is 2.27. The average Bonchev–Trinajstić information content (AvgIpc) is 2.91. The van der Waals surface area contributed by atoms with Gasteiger partial charge in [0.15, 0.2) is 0 Å². The largest absolute Gasteiger partial charge is 0.356 e. The van der Waals surface area contributed by atoms with Gasteiger partial charge < -0.3 is 10.2 Å². The van der Waals surface area contributed by atoms with Crippen molar-refractivity contribution in [3.05, 3.63) is 34.2 Å². The second-order valence-corrected chi connectivity index (χ2v) is 8.65. The first-order chi connectivity index (χ1) is 12.8. The molecule has 0 bridgehead atoms. The molecule has 140 valence electrons. The number of thiophene rings is 1. The van der Waals surface area contributed by atoms with Crippen LogP contribution in [0.25, 0.3) is 0 Å². The third-order valence-corrected chi connectivity index (χ3v) is 6.52. The van der Waals surface area contributed by atoms with Crippen molar-refractivity contribution in [3.63, 3.8) is 0 Å². The summed E-state index contributed by atoms with van der Waals surface area (Å²) in [5, 5.41) is 3.52. The van der Waals surface area contributed by atoms with E-state index in [0.717, 1.165) is 50.9 Å². The fourth-order valence-corrected chi connectivity index (χ4v) is 4.79. The molecule has 2 aliphatic heterocycles. The van der Waals surface area contributed by atoms with Crippen LogP contribution >= 0.6 is 11.3 Å². The molecule has 0 aromatic carbocycles. The minimum atomic E-state index is 0.458. The van der Waals surface area contributed by atoms with Gasteiger partial charge in [-0.05, 0) is 37.5 Å². The second kappa shape index (κ2) is 8.35. The van der Waals surface area contributed by atoms with E-state index in [4.69, 9.17) is 4.98 Å². The first kappa shape index (κ1) is 17.7. The molecule has 6 heteroatoms. The molecule has 0 aliphatic carbocycles. The van der Waals surface area contributed by atoms with Crippen LogP contribution in [0.3, 0.4) is 0 Å². The van der Waals surface area contributed by atoms with E-state index < -0.39 is 0 Å². The summed E-state index contributed by atoms with van der Waals surface area (Å²) in [5.74, 6) is 1.85. The number of hydrogen-bond donors (Lipinski definition) is 1. The van der Waals surface area contributed by atoms with Crippen molar-refractivity contribution < 1.29 is 0 Å². The molecular formula is C20H29N5S. The van der Waals surface area contributed by atoms with Gasteiger partial charge in [-0.1, -0.05) is 19.8 Å². The Morgan fingerprint density at radius 3 is 2.58 bits per heavy atom. The number of hydrogen-bond acceptors (Lipinski definition) is 6. The lowest BCUT2D eigenvalue weighted by molar-refractivity contribution is 0.154. The van der Waals surface area contributed by atoms with Crippen molar-refractivity contribution in [1.82, 2.24) is 14.9 Å². The quantitative estimate of drug-likeness (QED) is 0.837. The zero-order valence-electron chi connectivity index (χ0n) is 15.7. The van der Waals surface area contributed by atoms with E-state index in [9.17, 15) is 0 Å². The molecule has 0 unspecified atom stereocenters. The summed E-state index contributed by atoms with van der Waals surface area (Å²) < 4.78 is 0. The maximum absolute atomic E-state index is 4.77. The number of rotatable bonds is 6. The summed E-state index contributed by atoms with van der Waals surface area (Å²) in [6, 6.07) is 7.04. The number of likely N-dealkylation sites (tertiary alicyclic amines) is 1. The lowest BCUT2D eigenvalue weighted by Crippen LogP contribution is -2.54. The molecular weight excluding hydrogens is 342 g/mol. The Morgan fingerprint density at radius 1 is 1.08 bits per heavy atom. The van der Waals surface area contributed by atoms with Crippen LogP contribution in [-0.4, -0.2) is 47.1 Å². The Kier molecular flexibility index (Phi) is 5.70. The van der Waals surface area contributed by atoms with Crippen molar-refractivity contribution in [2.45, 2.75) is 51.6 Å². The van der Waals surface area contributed by atoms with Crippen molar-refractivity contribution in [3.8, 4) is 0 Å². The van der Waals surface area contributed by atoms with Gasteiger partial charge in [-0.2, -0.15) is 4.98 Å². The molecule has 26 heavy (non-hydrogen) atoms. The first-order valence-corrected chi connectivity index (χ1v) is 10.8. The minimum Gasteiger partial charge on any atom is -0.356 e. The molecule has 2 aliphatic rings. The Balaban J connectivity index is 1.28. The van der Waals surface area contributed by atoms with Crippen LogP contribution in [-0.2, 0) is 13.0 Å². The maximum Gasteiger partial charge on any atom is 0.224 e. The predicted molar refractivity (Wildman–Crippen MR) is 109 cm³/mol. The molecule has 2 aromatic heterocycles. The van der Waals surface area contributed by atoms with Crippen LogP contribution in [0.2, 0.25) is 0 Å². The molecule has 0 atom stereocenters. The van der Waals surface area contributed by atoms with E-state index in [2.05, 4.69) is 39.2 Å². The number of anilines is 2. The normalized spacial score (nSPS) is 19.2. The highest BCUT2D eigenvalue weighted by Crippen LogP contribution is 2.23. The van der Waals surface area contributed by atoms with Crippen LogP contribution in [0.15, 0.2) is 24.4 Å². The van der Waals surface area contributed by atoms with Gasteiger partial charge in [-0.3, -0.25) is 4.90 Å².